The Kier molecular flexibility index (Phi) is 9.72. The zero-order valence-electron chi connectivity index (χ0n) is 21.9. The van der Waals surface area contributed by atoms with Gasteiger partial charge in [-0.3, -0.25) is 9.69 Å². The van der Waals surface area contributed by atoms with Crippen molar-refractivity contribution in [1.29, 1.82) is 0 Å². The van der Waals surface area contributed by atoms with Crippen LogP contribution >= 0.6 is 27.5 Å². The van der Waals surface area contributed by atoms with Crippen LogP contribution in [0.1, 0.15) is 55.6 Å². The van der Waals surface area contributed by atoms with Gasteiger partial charge in [0.1, 0.15) is 5.60 Å². The first-order chi connectivity index (χ1) is 17.7. The van der Waals surface area contributed by atoms with Gasteiger partial charge in [0.15, 0.2) is 9.84 Å². The van der Waals surface area contributed by atoms with Crippen LogP contribution in [0.25, 0.3) is 0 Å². The van der Waals surface area contributed by atoms with Gasteiger partial charge in [0.2, 0.25) is 0 Å². The van der Waals surface area contributed by atoms with E-state index in [0.29, 0.717) is 29.4 Å². The Morgan fingerprint density at radius 3 is 2.58 bits per heavy atom. The molecule has 0 aliphatic carbocycles. The molecule has 1 fully saturated rings. The number of nitrogens with two attached hydrogens (primary N) is 1. The van der Waals surface area contributed by atoms with Crippen LogP contribution in [0, 0.1) is 0 Å². The highest BCUT2D eigenvalue weighted by atomic mass is 79.9. The Balaban J connectivity index is 1.64. The Labute approximate surface area is 237 Å². The molecule has 0 radical (unpaired) electrons. The molecule has 0 aromatic heterocycles. The lowest BCUT2D eigenvalue weighted by Gasteiger charge is -2.22. The largest absolute Gasteiger partial charge is 0.444 e. The minimum atomic E-state index is -3.49. The van der Waals surface area contributed by atoms with Crippen LogP contribution < -0.4 is 16.4 Å². The number of carbonyl (C=O) groups excluding carboxylic acids is 2. The van der Waals surface area contributed by atoms with E-state index in [1.54, 1.807) is 19.1 Å². The van der Waals surface area contributed by atoms with E-state index in [2.05, 4.69) is 31.5 Å². The highest BCUT2D eigenvalue weighted by molar-refractivity contribution is 9.10. The van der Waals surface area contributed by atoms with Crippen molar-refractivity contribution in [3.05, 3.63) is 56.5 Å². The molecular formula is C26H34BrClN4O5S. The van der Waals surface area contributed by atoms with Crippen molar-refractivity contribution in [1.82, 2.24) is 15.5 Å². The summed E-state index contributed by atoms with van der Waals surface area (Å²) in [5.41, 5.74) is 7.57. The second-order valence-electron chi connectivity index (χ2n) is 10.2. The summed E-state index contributed by atoms with van der Waals surface area (Å²) in [7, 11) is -3.49. The molecule has 1 aliphatic heterocycles. The summed E-state index contributed by atoms with van der Waals surface area (Å²) in [4.78, 5) is 27.4. The third-order valence-electron chi connectivity index (χ3n) is 6.03. The average molecular weight is 630 g/mol. The van der Waals surface area contributed by atoms with Gasteiger partial charge in [-0.25, -0.2) is 13.2 Å². The summed E-state index contributed by atoms with van der Waals surface area (Å²) >= 11 is 9.62. The molecule has 12 heteroatoms. The minimum Gasteiger partial charge on any atom is -0.444 e. The molecule has 4 N–H and O–H groups in total. The zero-order valence-corrected chi connectivity index (χ0v) is 25.1. The maximum Gasteiger partial charge on any atom is 0.407 e. The van der Waals surface area contributed by atoms with Crippen molar-refractivity contribution >= 4 is 55.1 Å². The number of nitrogens with zero attached hydrogens (tertiary/aromatic N) is 1. The maximum absolute atomic E-state index is 13.0. The summed E-state index contributed by atoms with van der Waals surface area (Å²) in [6.07, 6.45) is 0.369. The Morgan fingerprint density at radius 1 is 1.21 bits per heavy atom. The predicted molar refractivity (Wildman–Crippen MR) is 152 cm³/mol. The van der Waals surface area contributed by atoms with Gasteiger partial charge < -0.3 is 21.1 Å². The van der Waals surface area contributed by atoms with E-state index >= 15 is 0 Å². The number of hydrogen-bond acceptors (Lipinski definition) is 7. The number of halogens is 2. The van der Waals surface area contributed by atoms with E-state index in [1.165, 1.54) is 18.2 Å². The number of rotatable bonds is 8. The van der Waals surface area contributed by atoms with Crippen LogP contribution in [-0.2, 0) is 27.7 Å². The first-order valence-corrected chi connectivity index (χ1v) is 15.1. The Morgan fingerprint density at radius 2 is 1.92 bits per heavy atom. The summed E-state index contributed by atoms with van der Waals surface area (Å²) in [5, 5.41) is 6.04. The van der Waals surface area contributed by atoms with Crippen LogP contribution in [0.15, 0.2) is 39.7 Å². The molecule has 1 aliphatic rings. The summed E-state index contributed by atoms with van der Waals surface area (Å²) < 4.78 is 30.9. The number of benzene rings is 2. The Bertz CT molecular complexity index is 1310. The lowest BCUT2D eigenvalue weighted by Crippen LogP contribution is -2.40. The maximum atomic E-state index is 13.0. The third kappa shape index (κ3) is 8.08. The lowest BCUT2D eigenvalue weighted by atomic mass is 10.1. The minimum absolute atomic E-state index is 0.0149. The number of nitrogen functional groups attached to an aromatic ring is 1. The van der Waals surface area contributed by atoms with Crippen molar-refractivity contribution < 1.29 is 22.7 Å². The highest BCUT2D eigenvalue weighted by Gasteiger charge is 2.27. The van der Waals surface area contributed by atoms with E-state index in [9.17, 15) is 18.0 Å². The molecule has 0 spiro atoms. The van der Waals surface area contributed by atoms with Gasteiger partial charge in [-0.15, -0.1) is 0 Å². The van der Waals surface area contributed by atoms with Crippen LogP contribution in [0.2, 0.25) is 5.02 Å². The van der Waals surface area contributed by atoms with E-state index in [4.69, 9.17) is 22.1 Å². The topological polar surface area (TPSA) is 131 Å². The highest BCUT2D eigenvalue weighted by Crippen LogP contribution is 2.27. The summed E-state index contributed by atoms with van der Waals surface area (Å²) in [6.45, 7) is 9.05. The van der Waals surface area contributed by atoms with Gasteiger partial charge in [0, 0.05) is 47.4 Å². The number of alkyl carbamates (subject to hydrolysis) is 1. The van der Waals surface area contributed by atoms with Gasteiger partial charge in [-0.2, -0.15) is 0 Å². The molecular weight excluding hydrogens is 596 g/mol. The van der Waals surface area contributed by atoms with Crippen molar-refractivity contribution in [3.63, 3.8) is 0 Å². The van der Waals surface area contributed by atoms with E-state index in [0.717, 1.165) is 23.0 Å². The van der Waals surface area contributed by atoms with Gasteiger partial charge in [-0.1, -0.05) is 34.5 Å². The fourth-order valence-electron chi connectivity index (χ4n) is 4.18. The number of carbonyl (C=O) groups is 2. The zero-order chi connectivity index (χ0) is 28.3. The van der Waals surface area contributed by atoms with Gasteiger partial charge >= 0.3 is 6.09 Å². The molecule has 0 bridgehead atoms. The molecule has 38 heavy (non-hydrogen) atoms. The van der Waals surface area contributed by atoms with Crippen molar-refractivity contribution in [3.8, 4) is 0 Å². The molecule has 2 aromatic rings. The van der Waals surface area contributed by atoms with Crippen LogP contribution in [0.5, 0.6) is 0 Å². The summed E-state index contributed by atoms with van der Waals surface area (Å²) in [5.74, 6) is -0.497. The number of ether oxygens (including phenoxy) is 1. The first kappa shape index (κ1) is 30.2. The smallest absolute Gasteiger partial charge is 0.407 e. The van der Waals surface area contributed by atoms with Gasteiger partial charge in [0.05, 0.1) is 16.2 Å². The third-order valence-corrected chi connectivity index (χ3v) is 8.83. The number of amides is 2. The average Bonchev–Trinajstić information content (AvgIpc) is 3.24. The Hall–Kier alpha value is -2.34. The molecule has 1 saturated heterocycles. The fraction of sp³-hybridized carbons (Fsp3) is 0.462. The second-order valence-corrected chi connectivity index (χ2v) is 13.8. The van der Waals surface area contributed by atoms with Gasteiger partial charge in [-0.05, 0) is 68.7 Å². The monoisotopic (exact) mass is 628 g/mol. The molecule has 3 rings (SSSR count). The molecule has 0 saturated carbocycles. The SMILES string of the molecule is CCS(=O)(=O)c1ccc(Cl)cc1CNC(=O)c1cc(Br)c(CN2CC[C@@H](NC(=O)OC(C)(C)C)C2)cc1N. The van der Waals surface area contributed by atoms with Crippen LogP contribution in [0.3, 0.4) is 0 Å². The van der Waals surface area contributed by atoms with Gasteiger partial charge in [0.25, 0.3) is 5.91 Å². The molecule has 208 valence electrons. The molecule has 1 atom stereocenters. The molecule has 2 aromatic carbocycles. The number of nitrogens with one attached hydrogen (secondary N) is 2. The number of anilines is 1. The quantitative estimate of drug-likeness (QED) is 0.366. The normalized spacial score (nSPS) is 16.3. The van der Waals surface area contributed by atoms with E-state index in [1.807, 2.05) is 20.8 Å². The van der Waals surface area contributed by atoms with E-state index in [-0.39, 0.29) is 28.8 Å². The van der Waals surface area contributed by atoms with E-state index < -0.39 is 27.4 Å². The fourth-order valence-corrected chi connectivity index (χ4v) is 5.96. The molecule has 0 unspecified atom stereocenters. The van der Waals surface area contributed by atoms with Crippen molar-refractivity contribution in [2.75, 3.05) is 24.6 Å². The standard InChI is InChI=1S/C26H34BrClN4O5S/c1-5-38(35,36)23-7-6-18(28)10-16(23)13-30-24(33)20-12-21(27)17(11-22(20)29)14-32-9-8-19(15-32)31-25(34)37-26(2,3)4/h6-7,10-12,19H,5,8-9,13-15,29H2,1-4H3,(H,30,33)(H,31,34)/t19-/m1/s1. The number of hydrogen-bond donors (Lipinski definition) is 3. The predicted octanol–water partition coefficient (Wildman–Crippen LogP) is 4.51. The van der Waals surface area contributed by atoms with Crippen molar-refractivity contribution in [2.45, 2.75) is 63.7 Å². The lowest BCUT2D eigenvalue weighted by molar-refractivity contribution is 0.0505. The molecule has 1 heterocycles. The molecule has 2 amide bonds. The number of sulfone groups is 1. The molecule has 9 nitrogen and oxygen atoms in total. The van der Waals surface area contributed by atoms with Crippen LogP contribution in [0.4, 0.5) is 10.5 Å². The summed E-state index contributed by atoms with van der Waals surface area (Å²) in [6, 6.07) is 7.90. The number of likely N-dealkylation sites (tertiary alicyclic amines) is 1. The second kappa shape index (κ2) is 12.2. The van der Waals surface area contributed by atoms with Crippen LogP contribution in [-0.4, -0.2) is 55.8 Å². The van der Waals surface area contributed by atoms with Crippen molar-refractivity contribution in [2.24, 2.45) is 0 Å². The first-order valence-electron chi connectivity index (χ1n) is 12.3.